The molecule has 1 aromatic heterocycles. The summed E-state index contributed by atoms with van der Waals surface area (Å²) in [6.07, 6.45) is 0.215. The first-order chi connectivity index (χ1) is 8.51. The fourth-order valence-corrected chi connectivity index (χ4v) is 3.45. The van der Waals surface area contributed by atoms with Crippen LogP contribution in [0.4, 0.5) is 0 Å². The van der Waals surface area contributed by atoms with Crippen molar-refractivity contribution in [2.75, 3.05) is 0 Å². The van der Waals surface area contributed by atoms with Crippen molar-refractivity contribution in [3.05, 3.63) is 9.75 Å². The fourth-order valence-electron chi connectivity index (χ4n) is 2.17. The molecule has 0 N–H and O–H groups in total. The van der Waals surface area contributed by atoms with Crippen LogP contribution in [0, 0.1) is 0 Å². The van der Waals surface area contributed by atoms with Gasteiger partial charge < -0.3 is 9.47 Å². The molecule has 1 aliphatic heterocycles. The molecule has 0 radical (unpaired) electrons. The third-order valence-electron chi connectivity index (χ3n) is 3.45. The van der Waals surface area contributed by atoms with Gasteiger partial charge in [-0.15, -0.1) is 11.3 Å². The van der Waals surface area contributed by atoms with E-state index in [0.29, 0.717) is 0 Å². The molecule has 2 heterocycles. The highest BCUT2D eigenvalue weighted by atomic mass is 32.1. The Kier molecular flexibility index (Phi) is 3.41. The molecule has 0 aliphatic carbocycles. The summed E-state index contributed by atoms with van der Waals surface area (Å²) in [7, 11) is 0. The van der Waals surface area contributed by atoms with Crippen molar-refractivity contribution in [3.63, 3.8) is 0 Å². The zero-order valence-electron chi connectivity index (χ0n) is 13.4. The molecule has 0 aromatic carbocycles. The second-order valence-electron chi connectivity index (χ2n) is 7.56. The Hall–Kier alpha value is -0.700. The maximum atomic E-state index is 6.16. The molecular weight excluding hydrogens is 256 g/mol. The van der Waals surface area contributed by atoms with Gasteiger partial charge in [0.15, 0.2) is 11.5 Å². The Morgan fingerprint density at radius 1 is 0.737 bits per heavy atom. The van der Waals surface area contributed by atoms with Crippen LogP contribution < -0.4 is 9.47 Å². The number of thiophene rings is 1. The zero-order chi connectivity index (χ0) is 14.6. The summed E-state index contributed by atoms with van der Waals surface area (Å²) in [6, 6.07) is 0. The molecule has 19 heavy (non-hydrogen) atoms. The average molecular weight is 282 g/mol. The van der Waals surface area contributed by atoms with Crippen molar-refractivity contribution in [1.29, 1.82) is 0 Å². The van der Waals surface area contributed by atoms with Gasteiger partial charge in [0, 0.05) is 10.8 Å². The highest BCUT2D eigenvalue weighted by Crippen LogP contribution is 2.53. The van der Waals surface area contributed by atoms with E-state index in [1.807, 2.05) is 11.3 Å². The molecule has 2 unspecified atom stereocenters. The van der Waals surface area contributed by atoms with Gasteiger partial charge in [-0.3, -0.25) is 0 Å². The van der Waals surface area contributed by atoms with Crippen molar-refractivity contribution in [1.82, 2.24) is 0 Å². The molecule has 0 fully saturated rings. The molecule has 1 aliphatic rings. The van der Waals surface area contributed by atoms with Gasteiger partial charge in [-0.1, -0.05) is 41.5 Å². The molecular formula is C16H26O2S. The van der Waals surface area contributed by atoms with Crippen LogP contribution in [0.5, 0.6) is 11.5 Å². The molecule has 0 bridgehead atoms. The summed E-state index contributed by atoms with van der Waals surface area (Å²) in [5.74, 6) is 1.96. The van der Waals surface area contributed by atoms with Crippen LogP contribution in [-0.4, -0.2) is 12.2 Å². The van der Waals surface area contributed by atoms with Gasteiger partial charge >= 0.3 is 0 Å². The van der Waals surface area contributed by atoms with Crippen molar-refractivity contribution in [3.8, 4) is 11.5 Å². The van der Waals surface area contributed by atoms with Gasteiger partial charge in [-0.2, -0.15) is 0 Å². The van der Waals surface area contributed by atoms with Crippen molar-refractivity contribution in [2.24, 2.45) is 0 Å². The number of rotatable bonds is 0. The van der Waals surface area contributed by atoms with E-state index in [4.69, 9.17) is 9.47 Å². The molecule has 2 nitrogen and oxygen atoms in total. The molecule has 0 amide bonds. The van der Waals surface area contributed by atoms with Crippen molar-refractivity contribution < 1.29 is 9.47 Å². The van der Waals surface area contributed by atoms with E-state index < -0.39 is 0 Å². The smallest absolute Gasteiger partial charge is 0.176 e. The van der Waals surface area contributed by atoms with E-state index in [9.17, 15) is 0 Å². The number of ether oxygens (including phenoxy) is 2. The minimum atomic E-state index is 0.0852. The SMILES string of the molecule is CC1Oc2c(C(C)(C)C)sc(C(C)(C)C)c2OC1C. The van der Waals surface area contributed by atoms with Crippen LogP contribution in [-0.2, 0) is 10.8 Å². The van der Waals surface area contributed by atoms with E-state index >= 15 is 0 Å². The van der Waals surface area contributed by atoms with Crippen LogP contribution >= 0.6 is 11.3 Å². The van der Waals surface area contributed by atoms with Gasteiger partial charge in [0.05, 0.1) is 9.75 Å². The van der Waals surface area contributed by atoms with E-state index in [1.54, 1.807) is 0 Å². The summed E-state index contributed by atoms with van der Waals surface area (Å²) in [5, 5.41) is 0. The van der Waals surface area contributed by atoms with Crippen LogP contribution in [0.2, 0.25) is 0 Å². The topological polar surface area (TPSA) is 18.5 Å². The standard InChI is InChI=1S/C16H26O2S/c1-9-10(2)18-12-11(17-9)13(15(3,4)5)19-14(12)16(6,7)8/h9-10H,1-8H3. The molecule has 0 saturated carbocycles. The maximum absolute atomic E-state index is 6.16. The Labute approximate surface area is 121 Å². The largest absolute Gasteiger partial charge is 0.482 e. The van der Waals surface area contributed by atoms with Gasteiger partial charge in [-0.05, 0) is 13.8 Å². The van der Waals surface area contributed by atoms with Crippen LogP contribution in [0.15, 0.2) is 0 Å². The zero-order valence-corrected chi connectivity index (χ0v) is 14.2. The second-order valence-corrected chi connectivity index (χ2v) is 8.59. The molecule has 2 rings (SSSR count). The van der Waals surface area contributed by atoms with Crippen molar-refractivity contribution >= 4 is 11.3 Å². The Bertz CT molecular complexity index is 432. The fraction of sp³-hybridized carbons (Fsp3) is 0.750. The van der Waals surface area contributed by atoms with Crippen LogP contribution in [0.1, 0.15) is 65.1 Å². The highest BCUT2D eigenvalue weighted by molar-refractivity contribution is 7.13. The molecule has 3 heteroatoms. The lowest BCUT2D eigenvalue weighted by molar-refractivity contribution is 0.0411. The minimum Gasteiger partial charge on any atom is -0.482 e. The Balaban J connectivity index is 2.62. The number of hydrogen-bond acceptors (Lipinski definition) is 3. The first kappa shape index (κ1) is 14.7. The quantitative estimate of drug-likeness (QED) is 0.674. The van der Waals surface area contributed by atoms with E-state index in [2.05, 4.69) is 55.4 Å². The first-order valence-electron chi connectivity index (χ1n) is 7.03. The van der Waals surface area contributed by atoms with Gasteiger partial charge in [-0.25, -0.2) is 0 Å². The Morgan fingerprint density at radius 3 is 1.32 bits per heavy atom. The lowest BCUT2D eigenvalue weighted by Gasteiger charge is -2.31. The third-order valence-corrected chi connectivity index (χ3v) is 5.46. The van der Waals surface area contributed by atoms with Gasteiger partial charge in [0.2, 0.25) is 0 Å². The first-order valence-corrected chi connectivity index (χ1v) is 7.84. The monoisotopic (exact) mass is 282 g/mol. The van der Waals surface area contributed by atoms with E-state index in [1.165, 1.54) is 9.75 Å². The predicted octanol–water partition coefficient (Wildman–Crippen LogP) is 4.89. The summed E-state index contributed by atoms with van der Waals surface area (Å²) in [4.78, 5) is 2.59. The summed E-state index contributed by atoms with van der Waals surface area (Å²) in [6.45, 7) is 17.6. The lowest BCUT2D eigenvalue weighted by atomic mass is 9.91. The van der Waals surface area contributed by atoms with E-state index in [-0.39, 0.29) is 23.0 Å². The minimum absolute atomic E-state index is 0.0852. The third kappa shape index (κ3) is 2.62. The Morgan fingerprint density at radius 2 is 1.05 bits per heavy atom. The molecule has 0 spiro atoms. The lowest BCUT2D eigenvalue weighted by Crippen LogP contribution is -2.35. The van der Waals surface area contributed by atoms with Gasteiger partial charge in [0.25, 0.3) is 0 Å². The molecule has 108 valence electrons. The maximum Gasteiger partial charge on any atom is 0.176 e. The molecule has 2 atom stereocenters. The molecule has 1 aromatic rings. The van der Waals surface area contributed by atoms with Crippen LogP contribution in [0.25, 0.3) is 0 Å². The predicted molar refractivity (Wildman–Crippen MR) is 81.9 cm³/mol. The highest BCUT2D eigenvalue weighted by Gasteiger charge is 2.38. The summed E-state index contributed by atoms with van der Waals surface area (Å²) < 4.78 is 12.3. The molecule has 0 saturated heterocycles. The normalized spacial score (nSPS) is 23.6. The summed E-state index contributed by atoms with van der Waals surface area (Å²) in [5.41, 5.74) is 0.170. The number of hydrogen-bond donors (Lipinski definition) is 0. The number of fused-ring (bicyclic) bond motifs is 1. The van der Waals surface area contributed by atoms with Crippen molar-refractivity contribution in [2.45, 2.75) is 78.4 Å². The summed E-state index contributed by atoms with van der Waals surface area (Å²) >= 11 is 1.84. The van der Waals surface area contributed by atoms with Crippen LogP contribution in [0.3, 0.4) is 0 Å². The van der Waals surface area contributed by atoms with Gasteiger partial charge in [0.1, 0.15) is 12.2 Å². The van der Waals surface area contributed by atoms with E-state index in [0.717, 1.165) is 11.5 Å². The average Bonchev–Trinajstić information content (AvgIpc) is 2.56. The second kappa shape index (κ2) is 4.41.